The molecule has 4 aromatic rings. The van der Waals surface area contributed by atoms with Gasteiger partial charge in [-0.3, -0.25) is 24.5 Å². The predicted molar refractivity (Wildman–Crippen MR) is 193 cm³/mol. The maximum atomic E-state index is 13.9. The predicted octanol–water partition coefficient (Wildman–Crippen LogP) is 6.31. The van der Waals surface area contributed by atoms with E-state index in [1.54, 1.807) is 26.0 Å². The number of esters is 2. The molecule has 6 rings (SSSR count). The zero-order valence-electron chi connectivity index (χ0n) is 29.0. The number of hydrogen-bond donors (Lipinski definition) is 0. The highest BCUT2D eigenvalue weighted by Gasteiger charge is 2.55. The van der Waals surface area contributed by atoms with Crippen LogP contribution in [-0.2, 0) is 24.6 Å². The number of pyridine rings is 1. The Kier molecular flexibility index (Phi) is 10.4. The number of benzene rings is 3. The topological polar surface area (TPSA) is 108 Å². The molecule has 0 aliphatic carbocycles. The molecule has 50 heavy (non-hydrogen) atoms. The van der Waals surface area contributed by atoms with E-state index in [0.29, 0.717) is 17.0 Å². The number of carbonyl (C=O) groups excluding carboxylic acids is 2. The quantitative estimate of drug-likeness (QED) is 0.191. The number of aromatic nitrogens is 1. The molecule has 1 aromatic heterocycles. The van der Waals surface area contributed by atoms with Crippen LogP contribution in [-0.4, -0.2) is 67.4 Å². The minimum absolute atomic E-state index is 0.162. The summed E-state index contributed by atoms with van der Waals surface area (Å²) in [4.78, 5) is 41.8. The van der Waals surface area contributed by atoms with Gasteiger partial charge in [0.15, 0.2) is 0 Å². The van der Waals surface area contributed by atoms with Crippen LogP contribution in [0, 0.1) is 23.2 Å². The summed E-state index contributed by atoms with van der Waals surface area (Å²) in [6, 6.07) is 35.1. The number of rotatable bonds is 9. The first-order chi connectivity index (χ1) is 24.3. The van der Waals surface area contributed by atoms with E-state index < -0.39 is 35.2 Å². The number of piperazine rings is 1. The second-order valence-electron chi connectivity index (χ2n) is 13.0. The molecule has 0 bridgehead atoms. The van der Waals surface area contributed by atoms with Gasteiger partial charge in [0.1, 0.15) is 5.92 Å². The molecule has 0 spiro atoms. The van der Waals surface area contributed by atoms with Gasteiger partial charge in [0, 0.05) is 55.4 Å². The number of methoxy groups -OCH3 is 1. The molecule has 0 amide bonds. The van der Waals surface area contributed by atoms with Crippen molar-refractivity contribution in [3.05, 3.63) is 131 Å². The summed E-state index contributed by atoms with van der Waals surface area (Å²) in [7, 11) is 1.32. The fraction of sp³-hybridized carbons (Fsp3) is 0.341. The third kappa shape index (κ3) is 6.76. The Labute approximate surface area is 294 Å². The number of nitrogens with zero attached hydrogens (tertiary/aromatic N) is 5. The summed E-state index contributed by atoms with van der Waals surface area (Å²) in [6.07, 6.45) is 1.53. The lowest BCUT2D eigenvalue weighted by atomic mass is 9.64. The molecule has 256 valence electrons. The van der Waals surface area contributed by atoms with Crippen molar-refractivity contribution in [3.63, 3.8) is 0 Å². The molecule has 1 fully saturated rings. The van der Waals surface area contributed by atoms with Gasteiger partial charge in [-0.15, -0.1) is 0 Å². The number of aliphatic imine (C=N–C) groups is 1. The van der Waals surface area contributed by atoms with Gasteiger partial charge in [0.05, 0.1) is 42.8 Å². The lowest BCUT2D eigenvalue weighted by Crippen LogP contribution is -2.51. The van der Waals surface area contributed by atoms with E-state index in [2.05, 4.69) is 93.6 Å². The molecule has 2 aliphatic rings. The molecular formula is C41H43N5O4. The van der Waals surface area contributed by atoms with E-state index >= 15 is 0 Å². The summed E-state index contributed by atoms with van der Waals surface area (Å²) in [5.41, 5.74) is 4.73. The zero-order valence-corrected chi connectivity index (χ0v) is 29.0. The Morgan fingerprint density at radius 3 is 2.10 bits per heavy atom. The van der Waals surface area contributed by atoms with E-state index in [1.165, 1.54) is 24.4 Å². The summed E-state index contributed by atoms with van der Waals surface area (Å²) in [6.45, 7) is 9.13. The fourth-order valence-corrected chi connectivity index (χ4v) is 7.78. The average Bonchev–Trinajstić information content (AvgIpc) is 3.15. The molecule has 0 saturated carbocycles. The van der Waals surface area contributed by atoms with E-state index in [0.717, 1.165) is 37.4 Å². The van der Waals surface area contributed by atoms with Crippen molar-refractivity contribution in [2.45, 2.75) is 38.3 Å². The van der Waals surface area contributed by atoms with Crippen molar-refractivity contribution in [1.82, 2.24) is 9.88 Å². The molecule has 9 heteroatoms. The highest BCUT2D eigenvalue weighted by molar-refractivity contribution is 6.04. The largest absolute Gasteiger partial charge is 0.468 e. The van der Waals surface area contributed by atoms with Crippen molar-refractivity contribution in [3.8, 4) is 6.07 Å². The molecule has 3 heterocycles. The fourth-order valence-electron chi connectivity index (χ4n) is 7.78. The van der Waals surface area contributed by atoms with Crippen molar-refractivity contribution in [2.24, 2.45) is 16.8 Å². The molecule has 4 unspecified atom stereocenters. The summed E-state index contributed by atoms with van der Waals surface area (Å²) >= 11 is 0. The second kappa shape index (κ2) is 15.1. The minimum atomic E-state index is -1.09. The number of hydrogen-bond acceptors (Lipinski definition) is 9. The van der Waals surface area contributed by atoms with Crippen LogP contribution in [0.1, 0.15) is 60.7 Å². The summed E-state index contributed by atoms with van der Waals surface area (Å²) < 4.78 is 10.9. The van der Waals surface area contributed by atoms with Crippen molar-refractivity contribution < 1.29 is 19.1 Å². The van der Waals surface area contributed by atoms with Gasteiger partial charge >= 0.3 is 11.9 Å². The van der Waals surface area contributed by atoms with Gasteiger partial charge in [-0.1, -0.05) is 72.8 Å². The van der Waals surface area contributed by atoms with Crippen molar-refractivity contribution in [2.75, 3.05) is 44.8 Å². The number of anilines is 1. The number of carbonyl (C=O) groups is 2. The Morgan fingerprint density at radius 1 is 0.920 bits per heavy atom. The van der Waals surface area contributed by atoms with Crippen LogP contribution in [0.15, 0.2) is 108 Å². The zero-order chi connectivity index (χ0) is 35.3. The number of nitriles is 1. The molecule has 0 N–H and O–H groups in total. The van der Waals surface area contributed by atoms with Gasteiger partial charge in [-0.25, -0.2) is 0 Å². The Balaban J connectivity index is 1.30. The van der Waals surface area contributed by atoms with E-state index in [-0.39, 0.29) is 12.6 Å². The first-order valence-electron chi connectivity index (χ1n) is 17.1. The average molecular weight is 670 g/mol. The molecule has 0 radical (unpaired) electrons. The van der Waals surface area contributed by atoms with Gasteiger partial charge in [0.25, 0.3) is 0 Å². The van der Waals surface area contributed by atoms with Crippen LogP contribution in [0.25, 0.3) is 0 Å². The lowest BCUT2D eigenvalue weighted by molar-refractivity contribution is -0.154. The van der Waals surface area contributed by atoms with Crippen LogP contribution in [0.3, 0.4) is 0 Å². The van der Waals surface area contributed by atoms with Gasteiger partial charge in [-0.05, 0) is 61.7 Å². The first-order valence-corrected chi connectivity index (χ1v) is 17.1. The number of ether oxygens (including phenoxy) is 2. The molecule has 3 aromatic carbocycles. The van der Waals surface area contributed by atoms with E-state index in [1.807, 2.05) is 19.1 Å². The highest BCUT2D eigenvalue weighted by atomic mass is 16.5. The second-order valence-corrected chi connectivity index (χ2v) is 13.0. The normalized spacial score (nSPS) is 22.4. The minimum Gasteiger partial charge on any atom is -0.468 e. The standard InChI is InChI=1S/C41H43N5O4/c1-5-50-40(48)37-36(34-26-29(27-42)20-21-43-34)35(39(47)49-4)28(2)44-41(37,3)32-16-18-33(19-17-32)45-22-24-46(25-23-45)38(30-12-8-6-9-13-30)31-14-10-7-11-15-31/h6-21,26,35-38H,5,22-25H2,1-4H3. The molecular weight excluding hydrogens is 626 g/mol. The monoisotopic (exact) mass is 669 g/mol. The van der Waals surface area contributed by atoms with Crippen LogP contribution >= 0.6 is 0 Å². The van der Waals surface area contributed by atoms with Crippen molar-refractivity contribution >= 4 is 23.3 Å². The highest BCUT2D eigenvalue weighted by Crippen LogP contribution is 2.50. The first kappa shape index (κ1) is 34.5. The van der Waals surface area contributed by atoms with Crippen LogP contribution in [0.2, 0.25) is 0 Å². The maximum Gasteiger partial charge on any atom is 0.315 e. The summed E-state index contributed by atoms with van der Waals surface area (Å²) in [5.74, 6) is -3.57. The van der Waals surface area contributed by atoms with Crippen molar-refractivity contribution in [1.29, 1.82) is 5.26 Å². The smallest absolute Gasteiger partial charge is 0.315 e. The van der Waals surface area contributed by atoms with Gasteiger partial charge in [-0.2, -0.15) is 5.26 Å². The summed E-state index contributed by atoms with van der Waals surface area (Å²) in [5, 5.41) is 9.66. The lowest BCUT2D eigenvalue weighted by Gasteiger charge is -2.45. The van der Waals surface area contributed by atoms with E-state index in [9.17, 15) is 14.9 Å². The van der Waals surface area contributed by atoms with Gasteiger partial charge < -0.3 is 14.4 Å². The van der Waals surface area contributed by atoms with Gasteiger partial charge in [0.2, 0.25) is 0 Å². The molecule has 1 saturated heterocycles. The van der Waals surface area contributed by atoms with Crippen LogP contribution in [0.4, 0.5) is 5.69 Å². The Morgan fingerprint density at radius 2 is 1.54 bits per heavy atom. The molecule has 2 aliphatic heterocycles. The maximum absolute atomic E-state index is 13.9. The van der Waals surface area contributed by atoms with E-state index in [4.69, 9.17) is 14.5 Å². The molecule has 9 nitrogen and oxygen atoms in total. The Hall–Kier alpha value is -5.33. The Bertz CT molecular complexity index is 1830. The SMILES string of the molecule is CCOC(=O)C1C(c2cc(C#N)ccn2)C(C(=O)OC)C(C)=NC1(C)c1ccc(N2CCN(C(c3ccccc3)c3ccccc3)CC2)cc1. The molecule has 4 atom stereocenters. The van der Waals surface area contributed by atoms with Crippen LogP contribution < -0.4 is 4.90 Å². The van der Waals surface area contributed by atoms with Crippen LogP contribution in [0.5, 0.6) is 0 Å². The third-order valence-electron chi connectivity index (χ3n) is 10.2. The third-order valence-corrected chi connectivity index (χ3v) is 10.2.